The third kappa shape index (κ3) is 1.65. The van der Waals surface area contributed by atoms with Crippen LogP contribution in [-0.4, -0.2) is 44.9 Å². The van der Waals surface area contributed by atoms with Crippen LogP contribution in [0.25, 0.3) is 0 Å². The van der Waals surface area contributed by atoms with Gasteiger partial charge in [-0.3, -0.25) is 14.5 Å². The molecule has 16 heavy (non-hydrogen) atoms. The van der Waals surface area contributed by atoms with Crippen LogP contribution in [0, 0.1) is 0 Å². The van der Waals surface area contributed by atoms with Crippen molar-refractivity contribution >= 4 is 40.8 Å². The number of rotatable bonds is 2. The quantitative estimate of drug-likeness (QED) is 0.557. The molecular weight excluding hydrogens is 256 g/mol. The Morgan fingerprint density at radius 3 is 2.38 bits per heavy atom. The van der Waals surface area contributed by atoms with Crippen molar-refractivity contribution in [3.63, 3.8) is 0 Å². The first kappa shape index (κ1) is 11.0. The molecule has 0 aliphatic carbocycles. The minimum Gasteiger partial charge on any atom is -0.263 e. The first-order valence-electron chi connectivity index (χ1n) is 4.12. The third-order valence-electron chi connectivity index (χ3n) is 1.99. The lowest BCUT2D eigenvalue weighted by Gasteiger charge is -2.09. The molecule has 2 heterocycles. The molecule has 1 saturated heterocycles. The van der Waals surface area contributed by atoms with Crippen LogP contribution >= 0.6 is 22.9 Å². The number of likely N-dealkylation sites (N-methyl/N-ethyl adjacent to an activating group) is 1. The fraction of sp³-hybridized carbons (Fsp3) is 0.286. The molecule has 0 aromatic carbocycles. The number of carbonyl (C=O) groups is 3. The largest absolute Gasteiger partial charge is 0.334 e. The van der Waals surface area contributed by atoms with Crippen LogP contribution in [-0.2, 0) is 16.1 Å². The van der Waals surface area contributed by atoms with Crippen LogP contribution in [0.3, 0.4) is 0 Å². The molecule has 0 radical (unpaired) electrons. The Hall–Kier alpha value is -1.54. The summed E-state index contributed by atoms with van der Waals surface area (Å²) in [7, 11) is 1.25. The lowest BCUT2D eigenvalue weighted by Crippen LogP contribution is -2.30. The molecule has 9 heteroatoms. The zero-order valence-corrected chi connectivity index (χ0v) is 9.58. The number of carbonyl (C=O) groups excluding carboxylic acids is 3. The van der Waals surface area contributed by atoms with Gasteiger partial charge in [0, 0.05) is 7.05 Å². The normalized spacial score (nSPS) is 16.5. The number of amides is 4. The fourth-order valence-corrected chi connectivity index (χ4v) is 2.04. The number of imide groups is 2. The summed E-state index contributed by atoms with van der Waals surface area (Å²) in [5.41, 5.74) is 0. The molecule has 1 fully saturated rings. The molecule has 1 aromatic rings. The van der Waals surface area contributed by atoms with Crippen LogP contribution < -0.4 is 0 Å². The second kappa shape index (κ2) is 3.80. The summed E-state index contributed by atoms with van der Waals surface area (Å²) in [6.45, 7) is -0.0852. The van der Waals surface area contributed by atoms with E-state index in [9.17, 15) is 14.4 Å². The highest BCUT2D eigenvalue weighted by Crippen LogP contribution is 2.19. The topological polar surface area (TPSA) is 83.5 Å². The molecule has 4 amide bonds. The second-order valence-electron chi connectivity index (χ2n) is 2.99. The van der Waals surface area contributed by atoms with E-state index >= 15 is 0 Å². The van der Waals surface area contributed by atoms with Crippen molar-refractivity contribution in [2.24, 2.45) is 0 Å². The van der Waals surface area contributed by atoms with E-state index in [-0.39, 0.29) is 11.0 Å². The molecule has 0 atom stereocenters. The van der Waals surface area contributed by atoms with Gasteiger partial charge in [0.2, 0.25) is 4.47 Å². The Kier molecular flexibility index (Phi) is 2.60. The maximum Gasteiger partial charge on any atom is 0.334 e. The minimum atomic E-state index is -0.862. The van der Waals surface area contributed by atoms with Gasteiger partial charge < -0.3 is 0 Å². The van der Waals surface area contributed by atoms with Gasteiger partial charge >= 0.3 is 17.8 Å². The van der Waals surface area contributed by atoms with E-state index < -0.39 is 17.8 Å². The van der Waals surface area contributed by atoms with Crippen molar-refractivity contribution < 1.29 is 14.4 Å². The van der Waals surface area contributed by atoms with Gasteiger partial charge in [-0.05, 0) is 11.6 Å². The zero-order valence-electron chi connectivity index (χ0n) is 8.01. The van der Waals surface area contributed by atoms with E-state index in [2.05, 4.69) is 10.2 Å². The highest BCUT2D eigenvalue weighted by atomic mass is 35.5. The van der Waals surface area contributed by atoms with E-state index in [1.165, 1.54) is 7.05 Å². The zero-order chi connectivity index (χ0) is 11.9. The molecule has 1 aromatic heterocycles. The number of hydrogen-bond acceptors (Lipinski definition) is 6. The number of urea groups is 1. The van der Waals surface area contributed by atoms with Gasteiger partial charge in [0.15, 0.2) is 0 Å². The highest BCUT2D eigenvalue weighted by Gasteiger charge is 2.42. The molecule has 1 aliphatic rings. The monoisotopic (exact) mass is 260 g/mol. The van der Waals surface area contributed by atoms with Crippen molar-refractivity contribution in [2.75, 3.05) is 7.05 Å². The van der Waals surface area contributed by atoms with Gasteiger partial charge in [-0.25, -0.2) is 9.69 Å². The van der Waals surface area contributed by atoms with Crippen molar-refractivity contribution in [2.45, 2.75) is 6.54 Å². The van der Waals surface area contributed by atoms with Crippen LogP contribution in [0.4, 0.5) is 4.79 Å². The SMILES string of the molecule is CN1C(=O)C(=O)N(Cc2nnc(Cl)s2)C1=O. The van der Waals surface area contributed by atoms with Gasteiger partial charge in [-0.2, -0.15) is 0 Å². The van der Waals surface area contributed by atoms with Crippen molar-refractivity contribution in [3.05, 3.63) is 9.47 Å². The molecule has 2 rings (SSSR count). The molecule has 84 valence electrons. The third-order valence-corrected chi connectivity index (χ3v) is 2.99. The molecule has 7 nitrogen and oxygen atoms in total. The summed E-state index contributed by atoms with van der Waals surface area (Å²) in [4.78, 5) is 35.6. The Bertz CT molecular complexity index is 488. The van der Waals surface area contributed by atoms with Gasteiger partial charge in [0.25, 0.3) is 0 Å². The highest BCUT2D eigenvalue weighted by molar-refractivity contribution is 7.15. The summed E-state index contributed by atoms with van der Waals surface area (Å²) >= 11 is 6.60. The average molecular weight is 261 g/mol. The minimum absolute atomic E-state index is 0.0852. The number of halogens is 1. The first-order chi connectivity index (χ1) is 7.50. The van der Waals surface area contributed by atoms with Crippen molar-refractivity contribution in [3.8, 4) is 0 Å². The molecule has 0 saturated carbocycles. The van der Waals surface area contributed by atoms with Gasteiger partial charge in [-0.15, -0.1) is 10.2 Å². The maximum absolute atomic E-state index is 11.5. The number of aromatic nitrogens is 2. The van der Waals surface area contributed by atoms with Crippen molar-refractivity contribution in [1.82, 2.24) is 20.0 Å². The van der Waals surface area contributed by atoms with E-state index in [1.807, 2.05) is 0 Å². The van der Waals surface area contributed by atoms with Gasteiger partial charge in [0.1, 0.15) is 5.01 Å². The molecule has 0 spiro atoms. The summed E-state index contributed by atoms with van der Waals surface area (Å²) in [5, 5.41) is 7.59. The standard InChI is InChI=1S/C7H5ClN4O3S/c1-11-4(13)5(14)12(7(11)15)2-3-9-10-6(8)16-3/h2H2,1H3. The Balaban J connectivity index is 2.20. The Morgan fingerprint density at radius 2 is 1.94 bits per heavy atom. The predicted molar refractivity (Wildman–Crippen MR) is 53.6 cm³/mol. The van der Waals surface area contributed by atoms with E-state index in [4.69, 9.17) is 11.6 Å². The molecule has 0 N–H and O–H groups in total. The summed E-state index contributed by atoms with van der Waals surface area (Å²) in [6.07, 6.45) is 0. The maximum atomic E-state index is 11.5. The first-order valence-corrected chi connectivity index (χ1v) is 5.31. The summed E-state index contributed by atoms with van der Waals surface area (Å²) in [6, 6.07) is -0.665. The predicted octanol–water partition coefficient (Wildman–Crippen LogP) is 0.112. The molecular formula is C7H5ClN4O3S. The smallest absolute Gasteiger partial charge is 0.263 e. The average Bonchev–Trinajstić information content (AvgIpc) is 2.73. The van der Waals surface area contributed by atoms with Gasteiger partial charge in [-0.1, -0.05) is 11.3 Å². The van der Waals surface area contributed by atoms with E-state index in [0.717, 1.165) is 21.1 Å². The van der Waals surface area contributed by atoms with E-state index in [1.54, 1.807) is 0 Å². The fourth-order valence-electron chi connectivity index (χ4n) is 1.19. The van der Waals surface area contributed by atoms with E-state index in [0.29, 0.717) is 5.01 Å². The van der Waals surface area contributed by atoms with Crippen LogP contribution in [0.5, 0.6) is 0 Å². The van der Waals surface area contributed by atoms with Crippen LogP contribution in [0.15, 0.2) is 0 Å². The van der Waals surface area contributed by atoms with Gasteiger partial charge in [0.05, 0.1) is 6.54 Å². The Morgan fingerprint density at radius 1 is 1.25 bits per heavy atom. The van der Waals surface area contributed by atoms with Crippen LogP contribution in [0.1, 0.15) is 5.01 Å². The lowest BCUT2D eigenvalue weighted by molar-refractivity contribution is -0.143. The van der Waals surface area contributed by atoms with Crippen LogP contribution in [0.2, 0.25) is 4.47 Å². The molecule has 0 bridgehead atoms. The lowest BCUT2D eigenvalue weighted by atomic mass is 10.5. The summed E-state index contributed by atoms with van der Waals surface area (Å²) < 4.78 is 0.216. The molecule has 1 aliphatic heterocycles. The number of hydrogen-bond donors (Lipinski definition) is 0. The number of nitrogens with zero attached hydrogens (tertiary/aromatic N) is 4. The Labute approximate surface area is 98.6 Å². The molecule has 0 unspecified atom stereocenters. The second-order valence-corrected chi connectivity index (χ2v) is 4.63. The summed E-state index contributed by atoms with van der Waals surface area (Å²) in [5.74, 6) is -1.71. The van der Waals surface area contributed by atoms with Crippen molar-refractivity contribution in [1.29, 1.82) is 0 Å².